The Labute approximate surface area is 77.1 Å². The number of H-pyrrole nitrogens is 1. The Hall–Kier alpha value is -1.03. The van der Waals surface area contributed by atoms with Gasteiger partial charge in [-0.3, -0.25) is 14.6 Å². The first-order valence-corrected chi connectivity index (χ1v) is 4.71. The van der Waals surface area contributed by atoms with Gasteiger partial charge in [0.2, 0.25) is 0 Å². The Balaban J connectivity index is 2.49. The van der Waals surface area contributed by atoms with Crippen LogP contribution in [0.2, 0.25) is 0 Å². The van der Waals surface area contributed by atoms with Crippen LogP contribution in [0.1, 0.15) is 18.2 Å². The number of fused-ring (bicyclic) bond motifs is 1. The van der Waals surface area contributed by atoms with Gasteiger partial charge in [0.05, 0.1) is 5.69 Å². The molecule has 1 aliphatic rings. The molecule has 0 saturated carbocycles. The zero-order chi connectivity index (χ0) is 9.42. The molecule has 0 radical (unpaired) electrons. The van der Waals surface area contributed by atoms with E-state index in [0.717, 1.165) is 31.6 Å². The van der Waals surface area contributed by atoms with Crippen molar-refractivity contribution in [2.75, 3.05) is 13.6 Å². The number of nitrogens with zero attached hydrogens (tertiary/aromatic N) is 2. The van der Waals surface area contributed by atoms with E-state index in [1.165, 1.54) is 5.69 Å². The molecule has 1 aromatic rings. The molecule has 2 rings (SSSR count). The third-order valence-corrected chi connectivity index (χ3v) is 2.66. The first-order chi connectivity index (χ1) is 6.22. The highest BCUT2D eigenvalue weighted by Gasteiger charge is 2.19. The average molecular weight is 181 g/mol. The summed E-state index contributed by atoms with van der Waals surface area (Å²) >= 11 is 0. The van der Waals surface area contributed by atoms with Crippen LogP contribution >= 0.6 is 0 Å². The number of hydrogen-bond donors (Lipinski definition) is 1. The second kappa shape index (κ2) is 3.03. The van der Waals surface area contributed by atoms with Gasteiger partial charge in [0.25, 0.3) is 5.56 Å². The van der Waals surface area contributed by atoms with E-state index < -0.39 is 0 Å². The molecular weight excluding hydrogens is 166 g/mol. The lowest BCUT2D eigenvalue weighted by Gasteiger charge is -2.22. The second-order valence-corrected chi connectivity index (χ2v) is 3.60. The topological polar surface area (TPSA) is 41.0 Å². The molecule has 0 aromatic carbocycles. The largest absolute Gasteiger partial charge is 0.300 e. The molecular formula is C9H15N3O. The van der Waals surface area contributed by atoms with Crippen LogP contribution in [0.25, 0.3) is 0 Å². The smallest absolute Gasteiger partial charge is 0.267 e. The van der Waals surface area contributed by atoms with E-state index in [2.05, 4.69) is 17.0 Å². The summed E-state index contributed by atoms with van der Waals surface area (Å²) in [4.78, 5) is 13.7. The average Bonchev–Trinajstić information content (AvgIpc) is 2.42. The van der Waals surface area contributed by atoms with Crippen LogP contribution in [0.3, 0.4) is 0 Å². The molecule has 0 fully saturated rings. The van der Waals surface area contributed by atoms with E-state index in [1.54, 1.807) is 0 Å². The SMILES string of the molecule is CCn1[nH]c(=O)c2c1CN(C)CC2. The van der Waals surface area contributed by atoms with Crippen LogP contribution in [-0.4, -0.2) is 28.3 Å². The Morgan fingerprint density at radius 2 is 2.31 bits per heavy atom. The fourth-order valence-corrected chi connectivity index (χ4v) is 1.90. The maximum atomic E-state index is 11.5. The molecule has 13 heavy (non-hydrogen) atoms. The minimum Gasteiger partial charge on any atom is -0.300 e. The molecule has 72 valence electrons. The summed E-state index contributed by atoms with van der Waals surface area (Å²) in [6.45, 7) is 4.77. The summed E-state index contributed by atoms with van der Waals surface area (Å²) in [5, 5.41) is 2.86. The standard InChI is InChI=1S/C9H15N3O/c1-3-12-8-6-11(2)5-4-7(8)9(13)10-12/h3-6H2,1-2H3,(H,10,13). The van der Waals surface area contributed by atoms with Crippen molar-refractivity contribution in [1.82, 2.24) is 14.7 Å². The monoisotopic (exact) mass is 181 g/mol. The quantitative estimate of drug-likeness (QED) is 0.671. The van der Waals surface area contributed by atoms with Gasteiger partial charge in [-0.25, -0.2) is 0 Å². The van der Waals surface area contributed by atoms with Gasteiger partial charge in [0.1, 0.15) is 0 Å². The van der Waals surface area contributed by atoms with Gasteiger partial charge in [0.15, 0.2) is 0 Å². The fraction of sp³-hybridized carbons (Fsp3) is 0.667. The molecule has 4 heteroatoms. The van der Waals surface area contributed by atoms with Gasteiger partial charge < -0.3 is 4.90 Å². The Morgan fingerprint density at radius 3 is 3.00 bits per heavy atom. The number of likely N-dealkylation sites (N-methyl/N-ethyl adjacent to an activating group) is 1. The van der Waals surface area contributed by atoms with Gasteiger partial charge in [0, 0.05) is 25.2 Å². The van der Waals surface area contributed by atoms with Gasteiger partial charge in [-0.15, -0.1) is 0 Å². The van der Waals surface area contributed by atoms with Crippen molar-refractivity contribution < 1.29 is 0 Å². The molecule has 1 aliphatic heterocycles. The maximum Gasteiger partial charge on any atom is 0.267 e. The van der Waals surface area contributed by atoms with Crippen molar-refractivity contribution >= 4 is 0 Å². The third-order valence-electron chi connectivity index (χ3n) is 2.66. The molecule has 0 amide bonds. The molecule has 0 atom stereocenters. The van der Waals surface area contributed by atoms with E-state index in [4.69, 9.17) is 0 Å². The molecule has 0 spiro atoms. The molecule has 0 aliphatic carbocycles. The minimum absolute atomic E-state index is 0.102. The predicted octanol–water partition coefficient (Wildman–Crippen LogP) is 0.184. The van der Waals surface area contributed by atoms with Crippen molar-refractivity contribution in [3.63, 3.8) is 0 Å². The zero-order valence-electron chi connectivity index (χ0n) is 8.13. The van der Waals surface area contributed by atoms with Crippen LogP contribution in [0.5, 0.6) is 0 Å². The molecule has 0 unspecified atom stereocenters. The van der Waals surface area contributed by atoms with Crippen molar-refractivity contribution in [3.05, 3.63) is 21.6 Å². The number of aromatic amines is 1. The van der Waals surface area contributed by atoms with E-state index in [0.29, 0.717) is 0 Å². The highest BCUT2D eigenvalue weighted by atomic mass is 16.1. The number of nitrogens with one attached hydrogen (secondary N) is 1. The van der Waals surface area contributed by atoms with E-state index in [1.807, 2.05) is 11.6 Å². The van der Waals surface area contributed by atoms with Crippen LogP contribution in [0, 0.1) is 0 Å². The van der Waals surface area contributed by atoms with Gasteiger partial charge in [-0.05, 0) is 20.4 Å². The Bertz CT molecular complexity index is 363. The van der Waals surface area contributed by atoms with Crippen LogP contribution < -0.4 is 5.56 Å². The number of hydrogen-bond acceptors (Lipinski definition) is 2. The molecule has 4 nitrogen and oxygen atoms in total. The number of aromatic nitrogens is 2. The summed E-state index contributed by atoms with van der Waals surface area (Å²) in [6.07, 6.45) is 0.883. The normalized spacial score (nSPS) is 17.4. The predicted molar refractivity (Wildman–Crippen MR) is 50.8 cm³/mol. The lowest BCUT2D eigenvalue weighted by atomic mass is 10.1. The van der Waals surface area contributed by atoms with Gasteiger partial charge >= 0.3 is 0 Å². The van der Waals surface area contributed by atoms with E-state index in [9.17, 15) is 4.79 Å². The molecule has 2 heterocycles. The number of rotatable bonds is 1. The van der Waals surface area contributed by atoms with Crippen molar-refractivity contribution in [3.8, 4) is 0 Å². The molecule has 1 aromatic heterocycles. The summed E-state index contributed by atoms with van der Waals surface area (Å²) in [7, 11) is 2.08. The summed E-state index contributed by atoms with van der Waals surface area (Å²) in [5.74, 6) is 0. The first kappa shape index (κ1) is 8.56. The fourth-order valence-electron chi connectivity index (χ4n) is 1.90. The van der Waals surface area contributed by atoms with Crippen LogP contribution in [-0.2, 0) is 19.5 Å². The van der Waals surface area contributed by atoms with Crippen molar-refractivity contribution in [2.45, 2.75) is 26.4 Å². The second-order valence-electron chi connectivity index (χ2n) is 3.60. The lowest BCUT2D eigenvalue weighted by molar-refractivity contribution is 0.300. The number of aryl methyl sites for hydroxylation is 1. The molecule has 0 bridgehead atoms. The van der Waals surface area contributed by atoms with Crippen molar-refractivity contribution in [2.24, 2.45) is 0 Å². The lowest BCUT2D eigenvalue weighted by Crippen LogP contribution is -2.29. The Kier molecular flexibility index (Phi) is 2.00. The van der Waals surface area contributed by atoms with Gasteiger partial charge in [-0.1, -0.05) is 0 Å². The van der Waals surface area contributed by atoms with Crippen LogP contribution in [0.4, 0.5) is 0 Å². The maximum absolute atomic E-state index is 11.5. The van der Waals surface area contributed by atoms with E-state index in [-0.39, 0.29) is 5.56 Å². The van der Waals surface area contributed by atoms with E-state index >= 15 is 0 Å². The first-order valence-electron chi connectivity index (χ1n) is 4.71. The highest BCUT2D eigenvalue weighted by molar-refractivity contribution is 5.20. The summed E-state index contributed by atoms with van der Waals surface area (Å²) in [5.41, 5.74) is 2.26. The van der Waals surface area contributed by atoms with Crippen LogP contribution in [0.15, 0.2) is 4.79 Å². The Morgan fingerprint density at radius 1 is 1.54 bits per heavy atom. The summed E-state index contributed by atoms with van der Waals surface area (Å²) < 4.78 is 1.95. The van der Waals surface area contributed by atoms with Gasteiger partial charge in [-0.2, -0.15) is 0 Å². The van der Waals surface area contributed by atoms with Crippen molar-refractivity contribution in [1.29, 1.82) is 0 Å². The zero-order valence-corrected chi connectivity index (χ0v) is 8.13. The molecule has 1 N–H and O–H groups in total. The third kappa shape index (κ3) is 1.31. The summed E-state index contributed by atoms with van der Waals surface area (Å²) in [6, 6.07) is 0. The highest BCUT2D eigenvalue weighted by Crippen LogP contribution is 2.13. The minimum atomic E-state index is 0.102. The molecule has 0 saturated heterocycles.